The number of carbonyl (C=O) groups excluding carboxylic acids is 1. The van der Waals surface area contributed by atoms with E-state index in [9.17, 15) is 4.79 Å². The van der Waals surface area contributed by atoms with Gasteiger partial charge in [0.05, 0.1) is 5.56 Å². The third-order valence-corrected chi connectivity index (χ3v) is 4.25. The molecule has 0 spiro atoms. The zero-order chi connectivity index (χ0) is 20.1. The largest absolute Gasteiger partial charge is 0.457 e. The smallest absolute Gasteiger partial charge is 0.259 e. The Kier molecular flexibility index (Phi) is 5.94. The van der Waals surface area contributed by atoms with Crippen LogP contribution in [0.25, 0.3) is 0 Å². The number of nitrogen functional groups attached to an aromatic ring is 1. The second-order valence-electron chi connectivity index (χ2n) is 7.17. The second-order valence-corrected chi connectivity index (χ2v) is 7.17. The molecule has 0 saturated carbocycles. The van der Waals surface area contributed by atoms with Gasteiger partial charge in [0.2, 0.25) is 0 Å². The van der Waals surface area contributed by atoms with E-state index in [2.05, 4.69) is 30.2 Å². The van der Waals surface area contributed by atoms with E-state index in [1.165, 1.54) is 5.56 Å². The molecule has 3 N–H and O–H groups in total. The Morgan fingerprint density at radius 1 is 1.07 bits per heavy atom. The van der Waals surface area contributed by atoms with Crippen molar-refractivity contribution in [1.29, 1.82) is 0 Å². The standard InChI is InChI=1S/C23H25N3O2/c1-15(2)14-17-6-4-5-7-21(17)28-19-11-9-18(10-12-19)26-23(27)20-13-8-16(3)25-22(20)24/h4-13,15H,14H2,1-3H3,(H2,24,25)(H,26,27). The number of pyridine rings is 1. The molecule has 0 fully saturated rings. The maximum atomic E-state index is 12.4. The lowest BCUT2D eigenvalue weighted by Gasteiger charge is -2.13. The van der Waals surface area contributed by atoms with Crippen LogP contribution in [0.1, 0.15) is 35.5 Å². The van der Waals surface area contributed by atoms with Gasteiger partial charge in [-0.15, -0.1) is 0 Å². The fourth-order valence-electron chi connectivity index (χ4n) is 2.91. The zero-order valence-corrected chi connectivity index (χ0v) is 16.4. The van der Waals surface area contributed by atoms with Gasteiger partial charge in [0.25, 0.3) is 5.91 Å². The summed E-state index contributed by atoms with van der Waals surface area (Å²) in [6.07, 6.45) is 0.955. The summed E-state index contributed by atoms with van der Waals surface area (Å²) in [4.78, 5) is 16.5. The lowest BCUT2D eigenvalue weighted by Crippen LogP contribution is -2.15. The van der Waals surface area contributed by atoms with E-state index >= 15 is 0 Å². The highest BCUT2D eigenvalue weighted by atomic mass is 16.5. The topological polar surface area (TPSA) is 77.2 Å². The van der Waals surface area contributed by atoms with E-state index in [-0.39, 0.29) is 11.7 Å². The minimum absolute atomic E-state index is 0.221. The lowest BCUT2D eigenvalue weighted by molar-refractivity contribution is 0.102. The van der Waals surface area contributed by atoms with Gasteiger partial charge >= 0.3 is 0 Å². The molecule has 0 aliphatic rings. The van der Waals surface area contributed by atoms with E-state index < -0.39 is 0 Å². The summed E-state index contributed by atoms with van der Waals surface area (Å²) in [5, 5.41) is 2.83. The summed E-state index contributed by atoms with van der Waals surface area (Å²) in [6.45, 7) is 6.20. The van der Waals surface area contributed by atoms with Crippen LogP contribution in [-0.2, 0) is 6.42 Å². The first kappa shape index (κ1) is 19.4. The molecule has 0 aliphatic heterocycles. The van der Waals surface area contributed by atoms with Crippen LogP contribution < -0.4 is 15.8 Å². The van der Waals surface area contributed by atoms with Crippen molar-refractivity contribution < 1.29 is 9.53 Å². The first-order chi connectivity index (χ1) is 13.4. The Balaban J connectivity index is 1.70. The molecule has 0 aliphatic carbocycles. The summed E-state index contributed by atoms with van der Waals surface area (Å²) in [5.41, 5.74) is 8.81. The quantitative estimate of drug-likeness (QED) is 0.619. The average Bonchev–Trinajstić information content (AvgIpc) is 2.64. The van der Waals surface area contributed by atoms with Gasteiger partial charge in [0.1, 0.15) is 17.3 Å². The summed E-state index contributed by atoms with van der Waals surface area (Å²) < 4.78 is 6.04. The number of hydrogen-bond donors (Lipinski definition) is 2. The molecule has 0 bridgehead atoms. The number of benzene rings is 2. The van der Waals surface area contributed by atoms with Crippen LogP contribution >= 0.6 is 0 Å². The number of ether oxygens (including phenoxy) is 1. The van der Waals surface area contributed by atoms with E-state index in [1.54, 1.807) is 24.3 Å². The first-order valence-corrected chi connectivity index (χ1v) is 9.32. The minimum atomic E-state index is -0.291. The second kappa shape index (κ2) is 8.57. The third-order valence-electron chi connectivity index (χ3n) is 4.25. The van der Waals surface area contributed by atoms with Gasteiger partial charge in [-0.05, 0) is 67.3 Å². The van der Waals surface area contributed by atoms with Crippen LogP contribution in [0.15, 0.2) is 60.7 Å². The maximum Gasteiger partial charge on any atom is 0.259 e. The summed E-state index contributed by atoms with van der Waals surface area (Å²) in [6, 6.07) is 18.8. The van der Waals surface area contributed by atoms with Gasteiger partial charge < -0.3 is 15.8 Å². The summed E-state index contributed by atoms with van der Waals surface area (Å²) in [7, 11) is 0. The van der Waals surface area contributed by atoms with E-state index in [0.29, 0.717) is 22.9 Å². The Hall–Kier alpha value is -3.34. The van der Waals surface area contributed by atoms with Gasteiger partial charge in [-0.3, -0.25) is 4.79 Å². The molecule has 5 heteroatoms. The van der Waals surface area contributed by atoms with Crippen molar-refractivity contribution >= 4 is 17.4 Å². The molecule has 3 aromatic rings. The molecule has 0 radical (unpaired) electrons. The minimum Gasteiger partial charge on any atom is -0.457 e. The van der Waals surface area contributed by atoms with Crippen LogP contribution in [-0.4, -0.2) is 10.9 Å². The average molecular weight is 375 g/mol. The third kappa shape index (κ3) is 4.88. The first-order valence-electron chi connectivity index (χ1n) is 9.32. The Morgan fingerprint density at radius 3 is 2.46 bits per heavy atom. The molecule has 0 atom stereocenters. The number of nitrogens with two attached hydrogens (primary N) is 1. The van der Waals surface area contributed by atoms with Gasteiger partial charge in [0.15, 0.2) is 0 Å². The van der Waals surface area contributed by atoms with Crippen LogP contribution in [0.4, 0.5) is 11.5 Å². The van der Waals surface area contributed by atoms with Crippen molar-refractivity contribution in [3.63, 3.8) is 0 Å². The normalized spacial score (nSPS) is 10.7. The van der Waals surface area contributed by atoms with Crippen LogP contribution in [0.2, 0.25) is 0 Å². The van der Waals surface area contributed by atoms with Crippen molar-refractivity contribution in [2.75, 3.05) is 11.1 Å². The summed E-state index contributed by atoms with van der Waals surface area (Å²) >= 11 is 0. The summed E-state index contributed by atoms with van der Waals surface area (Å²) in [5.74, 6) is 2.04. The number of nitrogens with one attached hydrogen (secondary N) is 1. The fraction of sp³-hybridized carbons (Fsp3) is 0.217. The predicted molar refractivity (Wildman–Crippen MR) is 113 cm³/mol. The Labute approximate surface area is 165 Å². The molecular weight excluding hydrogens is 350 g/mol. The molecule has 5 nitrogen and oxygen atoms in total. The van der Waals surface area contributed by atoms with Crippen molar-refractivity contribution in [3.05, 3.63) is 77.5 Å². The van der Waals surface area contributed by atoms with Crippen molar-refractivity contribution in [2.24, 2.45) is 5.92 Å². The highest BCUT2D eigenvalue weighted by Crippen LogP contribution is 2.28. The van der Waals surface area contributed by atoms with Gasteiger partial charge in [-0.1, -0.05) is 32.0 Å². The molecular formula is C23H25N3O2. The maximum absolute atomic E-state index is 12.4. The number of rotatable bonds is 6. The van der Waals surface area contributed by atoms with Gasteiger partial charge in [-0.25, -0.2) is 4.98 Å². The van der Waals surface area contributed by atoms with E-state index in [4.69, 9.17) is 10.5 Å². The highest BCUT2D eigenvalue weighted by molar-refractivity contribution is 6.07. The number of aromatic nitrogens is 1. The van der Waals surface area contributed by atoms with Crippen LogP contribution in [0.3, 0.4) is 0 Å². The Morgan fingerprint density at radius 2 is 1.79 bits per heavy atom. The van der Waals surface area contributed by atoms with Crippen molar-refractivity contribution in [3.8, 4) is 11.5 Å². The Bertz CT molecular complexity index is 966. The molecule has 1 amide bonds. The molecule has 1 heterocycles. The molecule has 1 aromatic heterocycles. The van der Waals surface area contributed by atoms with Crippen LogP contribution in [0, 0.1) is 12.8 Å². The number of anilines is 2. The predicted octanol–water partition coefficient (Wildman–Crippen LogP) is 5.22. The molecule has 3 rings (SSSR count). The highest BCUT2D eigenvalue weighted by Gasteiger charge is 2.12. The number of nitrogens with zero attached hydrogens (tertiary/aromatic N) is 1. The van der Waals surface area contributed by atoms with Crippen molar-refractivity contribution in [1.82, 2.24) is 4.98 Å². The SMILES string of the molecule is Cc1ccc(C(=O)Nc2ccc(Oc3ccccc3CC(C)C)cc2)c(N)n1. The lowest BCUT2D eigenvalue weighted by atomic mass is 10.0. The molecule has 0 unspecified atom stereocenters. The zero-order valence-electron chi connectivity index (χ0n) is 16.4. The molecule has 144 valence electrons. The number of para-hydroxylation sites is 1. The number of hydrogen-bond acceptors (Lipinski definition) is 4. The molecule has 28 heavy (non-hydrogen) atoms. The van der Waals surface area contributed by atoms with Gasteiger partial charge in [-0.2, -0.15) is 0 Å². The number of aryl methyl sites for hydroxylation is 1. The fourth-order valence-corrected chi connectivity index (χ4v) is 2.91. The van der Waals surface area contributed by atoms with E-state index in [0.717, 1.165) is 17.9 Å². The molecule has 2 aromatic carbocycles. The van der Waals surface area contributed by atoms with E-state index in [1.807, 2.05) is 37.3 Å². The van der Waals surface area contributed by atoms with Gasteiger partial charge in [0, 0.05) is 11.4 Å². The van der Waals surface area contributed by atoms with Crippen LogP contribution in [0.5, 0.6) is 11.5 Å². The number of amides is 1. The molecule has 0 saturated heterocycles. The van der Waals surface area contributed by atoms with Crippen molar-refractivity contribution in [2.45, 2.75) is 27.2 Å². The monoisotopic (exact) mass is 375 g/mol. The number of carbonyl (C=O) groups is 1.